The SMILES string of the molecule is CCCCCCCCCCC/C=C\CCCCCCCCC(O)C(=O)NC(COC1OC(CO)C(O)C(OS(=O)(=O)O)C1O)C(O)/C=C/CCCCCCCCCCCCC. The molecule has 0 aromatic carbocycles. The highest BCUT2D eigenvalue weighted by atomic mass is 32.3. The first-order valence-electron chi connectivity index (χ1n) is 24.3. The van der Waals surface area contributed by atoms with Gasteiger partial charge in [0.15, 0.2) is 6.29 Å². The molecule has 61 heavy (non-hydrogen) atoms. The molecular weight excluding hydrogens is 803 g/mol. The van der Waals surface area contributed by atoms with Crippen LogP contribution < -0.4 is 5.32 Å². The van der Waals surface area contributed by atoms with Gasteiger partial charge in [0.2, 0.25) is 5.91 Å². The van der Waals surface area contributed by atoms with Gasteiger partial charge in [0.1, 0.15) is 30.5 Å². The standard InChI is InChI=1S/C47H89NO12S/c1-3-5-7-9-11-13-15-17-18-19-20-21-22-24-26-28-30-32-34-36-41(51)46(54)48-39(40(50)35-33-31-29-27-25-23-16-14-12-10-8-6-4-2)38-58-47-44(53)45(60-61(55,56)57)43(52)42(37-49)59-47/h20-21,33,35,39-45,47,49-53H,3-19,22-32,34,36-38H2,1-2H3,(H,48,54)(H,55,56,57)/b21-20-,35-33+. The Balaban J connectivity index is 2.54. The molecule has 7 N–H and O–H groups in total. The maximum atomic E-state index is 13.1. The van der Waals surface area contributed by atoms with Crippen molar-refractivity contribution in [3.8, 4) is 0 Å². The number of aliphatic hydroxyl groups is 5. The summed E-state index contributed by atoms with van der Waals surface area (Å²) in [6, 6.07) is -1.12. The molecule has 1 heterocycles. The van der Waals surface area contributed by atoms with E-state index in [2.05, 4.69) is 35.5 Å². The average Bonchev–Trinajstić information content (AvgIpc) is 3.23. The molecule has 8 unspecified atom stereocenters. The number of hydrogen-bond donors (Lipinski definition) is 7. The van der Waals surface area contributed by atoms with Gasteiger partial charge < -0.3 is 40.3 Å². The molecule has 8 atom stereocenters. The molecule has 1 fully saturated rings. The van der Waals surface area contributed by atoms with Crippen LogP contribution in [0.2, 0.25) is 0 Å². The summed E-state index contributed by atoms with van der Waals surface area (Å²) in [6.45, 7) is 3.21. The first kappa shape index (κ1) is 57.6. The zero-order chi connectivity index (χ0) is 45.0. The Kier molecular flexibility index (Phi) is 35.7. The maximum Gasteiger partial charge on any atom is 0.397 e. The summed E-state index contributed by atoms with van der Waals surface area (Å²) in [5.74, 6) is -0.707. The Morgan fingerprint density at radius 3 is 1.52 bits per heavy atom. The van der Waals surface area contributed by atoms with Gasteiger partial charge in [-0.1, -0.05) is 186 Å². The third kappa shape index (κ3) is 30.3. The molecular formula is C47H89NO12S. The normalized spacial score (nSPS) is 21.3. The van der Waals surface area contributed by atoms with Crippen LogP contribution in [0.15, 0.2) is 24.3 Å². The molecule has 360 valence electrons. The van der Waals surface area contributed by atoms with Gasteiger partial charge >= 0.3 is 10.4 Å². The molecule has 0 aromatic rings. The number of ether oxygens (including phenoxy) is 2. The van der Waals surface area contributed by atoms with Crippen molar-refractivity contribution in [3.63, 3.8) is 0 Å². The molecule has 1 aliphatic heterocycles. The van der Waals surface area contributed by atoms with Crippen LogP contribution in [-0.2, 0) is 28.9 Å². The van der Waals surface area contributed by atoms with E-state index in [0.29, 0.717) is 12.8 Å². The number of carbonyl (C=O) groups is 1. The van der Waals surface area contributed by atoms with Crippen molar-refractivity contribution in [1.82, 2.24) is 5.32 Å². The summed E-state index contributed by atoms with van der Waals surface area (Å²) in [5.41, 5.74) is 0. The lowest BCUT2D eigenvalue weighted by molar-refractivity contribution is -0.298. The summed E-state index contributed by atoms with van der Waals surface area (Å²) in [6.07, 6.45) is 31.1. The number of unbranched alkanes of at least 4 members (excludes halogenated alkanes) is 26. The van der Waals surface area contributed by atoms with Crippen LogP contribution in [0.3, 0.4) is 0 Å². The van der Waals surface area contributed by atoms with Crippen LogP contribution in [0.4, 0.5) is 0 Å². The van der Waals surface area contributed by atoms with Crippen molar-refractivity contribution in [1.29, 1.82) is 0 Å². The minimum absolute atomic E-state index is 0.237. The number of hydrogen-bond acceptors (Lipinski definition) is 11. The summed E-state index contributed by atoms with van der Waals surface area (Å²) < 4.78 is 47.5. The Hall–Kier alpha value is -1.46. The predicted octanol–water partition coefficient (Wildman–Crippen LogP) is 8.69. The van der Waals surface area contributed by atoms with Gasteiger partial charge in [-0.25, -0.2) is 4.18 Å². The lowest BCUT2D eigenvalue weighted by Gasteiger charge is -2.41. The number of rotatable bonds is 41. The van der Waals surface area contributed by atoms with Crippen molar-refractivity contribution in [2.75, 3.05) is 13.2 Å². The van der Waals surface area contributed by atoms with E-state index in [9.17, 15) is 43.3 Å². The Morgan fingerprint density at radius 1 is 0.656 bits per heavy atom. The van der Waals surface area contributed by atoms with Crippen LogP contribution in [0, 0.1) is 0 Å². The number of nitrogens with one attached hydrogen (secondary N) is 1. The molecule has 0 radical (unpaired) electrons. The highest BCUT2D eigenvalue weighted by molar-refractivity contribution is 7.80. The zero-order valence-corrected chi connectivity index (χ0v) is 38.9. The Bertz CT molecular complexity index is 1200. The van der Waals surface area contributed by atoms with Gasteiger partial charge in [0.25, 0.3) is 0 Å². The second kappa shape index (κ2) is 37.9. The highest BCUT2D eigenvalue weighted by Crippen LogP contribution is 2.26. The van der Waals surface area contributed by atoms with E-state index in [1.807, 2.05) is 6.08 Å². The van der Waals surface area contributed by atoms with Crippen molar-refractivity contribution in [2.45, 2.75) is 255 Å². The van der Waals surface area contributed by atoms with Crippen molar-refractivity contribution in [3.05, 3.63) is 24.3 Å². The first-order chi connectivity index (χ1) is 29.4. The van der Waals surface area contributed by atoms with E-state index >= 15 is 0 Å². The second-order valence-corrected chi connectivity index (χ2v) is 18.2. The lowest BCUT2D eigenvalue weighted by atomic mass is 9.99. The van der Waals surface area contributed by atoms with Gasteiger partial charge in [-0.15, -0.1) is 0 Å². The number of aliphatic hydroxyl groups excluding tert-OH is 5. The zero-order valence-electron chi connectivity index (χ0n) is 38.1. The van der Waals surface area contributed by atoms with Crippen molar-refractivity contribution in [2.24, 2.45) is 0 Å². The van der Waals surface area contributed by atoms with E-state index in [1.165, 1.54) is 115 Å². The van der Waals surface area contributed by atoms with Crippen LogP contribution in [0.5, 0.6) is 0 Å². The van der Waals surface area contributed by atoms with E-state index in [-0.39, 0.29) is 6.42 Å². The van der Waals surface area contributed by atoms with E-state index < -0.39 is 78.5 Å². The molecule has 0 saturated carbocycles. The largest absolute Gasteiger partial charge is 0.397 e. The van der Waals surface area contributed by atoms with E-state index in [0.717, 1.165) is 64.2 Å². The molecule has 1 aliphatic rings. The van der Waals surface area contributed by atoms with Gasteiger partial charge in [-0.05, 0) is 44.9 Å². The summed E-state index contributed by atoms with van der Waals surface area (Å²) in [5, 5.41) is 55.2. The fourth-order valence-corrected chi connectivity index (χ4v) is 8.20. The van der Waals surface area contributed by atoms with Crippen molar-refractivity contribution < 1.29 is 57.0 Å². The van der Waals surface area contributed by atoms with Crippen LogP contribution in [0.25, 0.3) is 0 Å². The van der Waals surface area contributed by atoms with Crippen LogP contribution in [0.1, 0.15) is 206 Å². The molecule has 0 aromatic heterocycles. The predicted molar refractivity (Wildman–Crippen MR) is 242 cm³/mol. The smallest absolute Gasteiger partial charge is 0.394 e. The fraction of sp³-hybridized carbons (Fsp3) is 0.894. The molecule has 14 heteroatoms. The monoisotopic (exact) mass is 892 g/mol. The molecule has 0 bridgehead atoms. The Labute approximate surface area is 370 Å². The van der Waals surface area contributed by atoms with Gasteiger partial charge in [0.05, 0.1) is 25.4 Å². The molecule has 0 aliphatic carbocycles. The molecule has 1 saturated heterocycles. The minimum atomic E-state index is -5.12. The van der Waals surface area contributed by atoms with Gasteiger partial charge in [-0.2, -0.15) is 8.42 Å². The first-order valence-corrected chi connectivity index (χ1v) is 25.7. The van der Waals surface area contributed by atoms with E-state index in [1.54, 1.807) is 0 Å². The quantitative estimate of drug-likeness (QED) is 0.0175. The number of allylic oxidation sites excluding steroid dienone is 3. The third-order valence-corrected chi connectivity index (χ3v) is 12.0. The van der Waals surface area contributed by atoms with Crippen molar-refractivity contribution >= 4 is 16.3 Å². The minimum Gasteiger partial charge on any atom is -0.394 e. The molecule has 1 amide bonds. The molecule has 1 rings (SSSR count). The fourth-order valence-electron chi connectivity index (χ4n) is 7.69. The topological polar surface area (TPSA) is 212 Å². The molecule has 0 spiro atoms. The highest BCUT2D eigenvalue weighted by Gasteiger charge is 2.48. The summed E-state index contributed by atoms with van der Waals surface area (Å²) in [7, 11) is -5.12. The maximum absolute atomic E-state index is 13.1. The number of carbonyl (C=O) groups excluding carboxylic acids is 1. The van der Waals surface area contributed by atoms with Gasteiger partial charge in [-0.3, -0.25) is 9.35 Å². The van der Waals surface area contributed by atoms with E-state index in [4.69, 9.17) is 9.47 Å². The second-order valence-electron chi connectivity index (χ2n) is 17.2. The average molecular weight is 892 g/mol. The van der Waals surface area contributed by atoms with Crippen LogP contribution >= 0.6 is 0 Å². The summed E-state index contributed by atoms with van der Waals surface area (Å²) >= 11 is 0. The lowest BCUT2D eigenvalue weighted by Crippen LogP contribution is -2.61. The third-order valence-electron chi connectivity index (χ3n) is 11.6. The van der Waals surface area contributed by atoms with Gasteiger partial charge in [0, 0.05) is 0 Å². The summed E-state index contributed by atoms with van der Waals surface area (Å²) in [4.78, 5) is 13.1. The van der Waals surface area contributed by atoms with Crippen LogP contribution in [-0.4, -0.2) is 107 Å². The number of amides is 1. The Morgan fingerprint density at radius 2 is 1.08 bits per heavy atom. The molecule has 13 nitrogen and oxygen atoms in total.